The van der Waals surface area contributed by atoms with Crippen LogP contribution in [0.3, 0.4) is 0 Å². The first-order valence-electron chi connectivity index (χ1n) is 8.08. The Morgan fingerprint density at radius 1 is 1.39 bits per heavy atom. The molecule has 0 bridgehead atoms. The molecular formula is C18H23NO4. The molecule has 23 heavy (non-hydrogen) atoms. The average Bonchev–Trinajstić information content (AvgIpc) is 2.54. The van der Waals surface area contributed by atoms with Crippen molar-refractivity contribution in [2.75, 3.05) is 20.3 Å². The molecule has 0 spiro atoms. The zero-order valence-corrected chi connectivity index (χ0v) is 13.6. The van der Waals surface area contributed by atoms with Crippen LogP contribution in [0.1, 0.15) is 25.3 Å². The smallest absolute Gasteiger partial charge is 0.336 e. The van der Waals surface area contributed by atoms with Crippen molar-refractivity contribution in [1.29, 1.82) is 0 Å². The molecule has 2 heterocycles. The molecule has 1 saturated heterocycles. The summed E-state index contributed by atoms with van der Waals surface area (Å²) in [6, 6.07) is 7.23. The highest BCUT2D eigenvalue weighted by Gasteiger charge is 2.28. The number of aliphatic hydroxyl groups excluding tert-OH is 1. The molecule has 2 aromatic rings. The van der Waals surface area contributed by atoms with E-state index in [0.29, 0.717) is 23.8 Å². The van der Waals surface area contributed by atoms with Gasteiger partial charge in [0.25, 0.3) is 0 Å². The molecule has 1 fully saturated rings. The summed E-state index contributed by atoms with van der Waals surface area (Å²) in [5.41, 5.74) is 1.12. The maximum atomic E-state index is 11.9. The molecule has 5 heteroatoms. The van der Waals surface area contributed by atoms with Gasteiger partial charge >= 0.3 is 5.63 Å². The Morgan fingerprint density at radius 2 is 2.22 bits per heavy atom. The van der Waals surface area contributed by atoms with Crippen molar-refractivity contribution in [3.05, 3.63) is 40.2 Å². The molecule has 1 N–H and O–H groups in total. The lowest BCUT2D eigenvalue weighted by atomic mass is 9.91. The number of fused-ring (bicyclic) bond motifs is 1. The van der Waals surface area contributed by atoms with Crippen LogP contribution in [0, 0.1) is 5.92 Å². The summed E-state index contributed by atoms with van der Waals surface area (Å²) in [5, 5.41) is 10.6. The monoisotopic (exact) mass is 317 g/mol. The number of methoxy groups -OCH3 is 1. The Bertz CT molecular complexity index is 739. The highest BCUT2D eigenvalue weighted by molar-refractivity contribution is 5.81. The Labute approximate surface area is 135 Å². The zero-order chi connectivity index (χ0) is 16.4. The third-order valence-electron chi connectivity index (χ3n) is 4.83. The van der Waals surface area contributed by atoms with E-state index < -0.39 is 0 Å². The van der Waals surface area contributed by atoms with Gasteiger partial charge in [0, 0.05) is 30.1 Å². The number of hydrogen-bond acceptors (Lipinski definition) is 5. The van der Waals surface area contributed by atoms with Crippen LogP contribution < -0.4 is 10.4 Å². The highest BCUT2D eigenvalue weighted by Crippen LogP contribution is 2.28. The largest absolute Gasteiger partial charge is 0.497 e. The minimum atomic E-state index is -0.355. The summed E-state index contributed by atoms with van der Waals surface area (Å²) in [5.74, 6) is 1.12. The molecule has 1 aliphatic heterocycles. The maximum Gasteiger partial charge on any atom is 0.336 e. The third-order valence-corrected chi connectivity index (χ3v) is 4.83. The van der Waals surface area contributed by atoms with Crippen LogP contribution in [-0.4, -0.2) is 36.3 Å². The zero-order valence-electron chi connectivity index (χ0n) is 13.6. The minimum absolute atomic E-state index is 0.143. The van der Waals surface area contributed by atoms with Gasteiger partial charge in [-0.25, -0.2) is 4.79 Å². The van der Waals surface area contributed by atoms with Crippen LogP contribution in [-0.2, 0) is 6.54 Å². The number of hydrogen-bond donors (Lipinski definition) is 1. The van der Waals surface area contributed by atoms with Crippen molar-refractivity contribution < 1.29 is 14.3 Å². The highest BCUT2D eigenvalue weighted by atomic mass is 16.5. The van der Waals surface area contributed by atoms with Crippen molar-refractivity contribution in [3.63, 3.8) is 0 Å². The predicted molar refractivity (Wildman–Crippen MR) is 88.7 cm³/mol. The van der Waals surface area contributed by atoms with Gasteiger partial charge in [-0.2, -0.15) is 0 Å². The fourth-order valence-corrected chi connectivity index (χ4v) is 3.51. The summed E-state index contributed by atoms with van der Waals surface area (Å²) >= 11 is 0. The summed E-state index contributed by atoms with van der Waals surface area (Å²) in [7, 11) is 1.59. The van der Waals surface area contributed by atoms with Crippen molar-refractivity contribution in [3.8, 4) is 5.75 Å². The van der Waals surface area contributed by atoms with Crippen LogP contribution >= 0.6 is 0 Å². The maximum absolute atomic E-state index is 11.9. The van der Waals surface area contributed by atoms with Crippen molar-refractivity contribution >= 4 is 11.0 Å². The topological polar surface area (TPSA) is 62.9 Å². The quantitative estimate of drug-likeness (QED) is 0.877. The predicted octanol–water partition coefficient (Wildman–Crippen LogP) is 2.39. The van der Waals surface area contributed by atoms with Crippen LogP contribution in [0.2, 0.25) is 0 Å². The normalized spacial score (nSPS) is 22.4. The van der Waals surface area contributed by atoms with Gasteiger partial charge in [0.2, 0.25) is 0 Å². The number of ether oxygens (including phenoxy) is 1. The van der Waals surface area contributed by atoms with Crippen molar-refractivity contribution in [1.82, 2.24) is 4.90 Å². The van der Waals surface area contributed by atoms with Crippen LogP contribution in [0.15, 0.2) is 33.5 Å². The molecule has 5 nitrogen and oxygen atoms in total. The number of likely N-dealkylation sites (tertiary alicyclic amines) is 1. The van der Waals surface area contributed by atoms with Gasteiger partial charge in [-0.15, -0.1) is 0 Å². The van der Waals surface area contributed by atoms with E-state index in [1.165, 1.54) is 0 Å². The summed E-state index contributed by atoms with van der Waals surface area (Å²) in [6.07, 6.45) is 2.25. The van der Waals surface area contributed by atoms with Gasteiger partial charge in [-0.05, 0) is 43.0 Å². The van der Waals surface area contributed by atoms with Crippen LogP contribution in [0.5, 0.6) is 5.75 Å². The Balaban J connectivity index is 1.97. The first-order valence-corrected chi connectivity index (χ1v) is 8.08. The van der Waals surface area contributed by atoms with Gasteiger partial charge in [0.1, 0.15) is 11.3 Å². The van der Waals surface area contributed by atoms with E-state index in [2.05, 4.69) is 11.8 Å². The molecule has 0 aliphatic carbocycles. The Hall–Kier alpha value is -1.85. The fourth-order valence-electron chi connectivity index (χ4n) is 3.51. The summed E-state index contributed by atoms with van der Waals surface area (Å²) < 4.78 is 10.5. The van der Waals surface area contributed by atoms with Gasteiger partial charge in [0.05, 0.1) is 13.7 Å². The van der Waals surface area contributed by atoms with E-state index >= 15 is 0 Å². The van der Waals surface area contributed by atoms with Gasteiger partial charge in [0.15, 0.2) is 0 Å². The lowest BCUT2D eigenvalue weighted by molar-refractivity contribution is 0.0474. The van der Waals surface area contributed by atoms with E-state index in [1.54, 1.807) is 19.2 Å². The van der Waals surface area contributed by atoms with Gasteiger partial charge in [-0.3, -0.25) is 4.90 Å². The van der Waals surface area contributed by atoms with E-state index in [-0.39, 0.29) is 18.3 Å². The molecule has 1 aliphatic rings. The molecule has 2 atom stereocenters. The van der Waals surface area contributed by atoms with E-state index in [9.17, 15) is 9.90 Å². The fraction of sp³-hybridized carbons (Fsp3) is 0.500. The lowest BCUT2D eigenvalue weighted by Crippen LogP contribution is -2.46. The molecule has 0 amide bonds. The number of rotatable bonds is 4. The molecule has 3 rings (SSSR count). The molecule has 0 radical (unpaired) electrons. The molecule has 1 aromatic carbocycles. The van der Waals surface area contributed by atoms with Gasteiger partial charge in [-0.1, -0.05) is 6.92 Å². The molecule has 0 saturated carbocycles. The van der Waals surface area contributed by atoms with E-state index in [0.717, 1.165) is 30.3 Å². The molecule has 124 valence electrons. The molecule has 2 unspecified atom stereocenters. The average molecular weight is 317 g/mol. The summed E-state index contributed by atoms with van der Waals surface area (Å²) in [4.78, 5) is 14.2. The first kappa shape index (κ1) is 16.0. The SMILES string of the molecule is COc1ccc2c(CN3CCCC(C)C3CO)cc(=O)oc2c1. The standard InChI is InChI=1S/C18H23NO4/c1-12-4-3-7-19(16(12)11-20)10-13-8-18(21)23-17-9-14(22-2)5-6-15(13)17/h5-6,8-9,12,16,20H,3-4,7,10-11H2,1-2H3. The number of piperidine rings is 1. The molecule has 1 aromatic heterocycles. The van der Waals surface area contributed by atoms with Gasteiger partial charge < -0.3 is 14.3 Å². The number of nitrogens with zero attached hydrogens (tertiary/aromatic N) is 1. The van der Waals surface area contributed by atoms with Crippen molar-refractivity contribution in [2.24, 2.45) is 5.92 Å². The summed E-state index contributed by atoms with van der Waals surface area (Å²) in [6.45, 7) is 3.90. The first-order chi connectivity index (χ1) is 11.1. The second kappa shape index (κ2) is 6.72. The van der Waals surface area contributed by atoms with Crippen molar-refractivity contribution in [2.45, 2.75) is 32.4 Å². The second-order valence-corrected chi connectivity index (χ2v) is 6.29. The number of benzene rings is 1. The minimum Gasteiger partial charge on any atom is -0.497 e. The van der Waals surface area contributed by atoms with Crippen LogP contribution in [0.4, 0.5) is 0 Å². The Kier molecular flexibility index (Phi) is 4.68. The van der Waals surface area contributed by atoms with E-state index in [4.69, 9.17) is 9.15 Å². The lowest BCUT2D eigenvalue weighted by Gasteiger charge is -2.39. The van der Waals surface area contributed by atoms with E-state index in [1.807, 2.05) is 12.1 Å². The Morgan fingerprint density at radius 3 is 2.96 bits per heavy atom. The third kappa shape index (κ3) is 3.26. The number of aliphatic hydroxyl groups is 1. The molecular weight excluding hydrogens is 294 g/mol. The second-order valence-electron chi connectivity index (χ2n) is 6.29. The van der Waals surface area contributed by atoms with Crippen LogP contribution in [0.25, 0.3) is 11.0 Å².